The number of alkyl halides is 1. The van der Waals surface area contributed by atoms with Gasteiger partial charge in [-0.2, -0.15) is 0 Å². The maximum atomic E-state index is 12.6. The first-order valence-electron chi connectivity index (χ1n) is 5.01. The van der Waals surface area contributed by atoms with Crippen LogP contribution < -0.4 is 4.74 Å². The molecular formula is C13H16FO. The highest BCUT2D eigenvalue weighted by atomic mass is 19.1. The summed E-state index contributed by atoms with van der Waals surface area (Å²) in [6, 6.07) is 5.66. The van der Waals surface area contributed by atoms with Crippen LogP contribution in [0.4, 0.5) is 4.39 Å². The Balaban J connectivity index is 3.18. The summed E-state index contributed by atoms with van der Waals surface area (Å²) in [5, 5.41) is 0. The lowest BCUT2D eigenvalue weighted by molar-refractivity contribution is 0.335. The third-order valence-electron chi connectivity index (χ3n) is 2.21. The number of hydrogen-bond acceptors (Lipinski definition) is 1. The Morgan fingerprint density at radius 1 is 1.53 bits per heavy atom. The van der Waals surface area contributed by atoms with Gasteiger partial charge in [0.15, 0.2) is 0 Å². The van der Waals surface area contributed by atoms with E-state index < -0.39 is 6.67 Å². The molecule has 0 N–H and O–H groups in total. The minimum Gasteiger partial charge on any atom is -0.493 e. The van der Waals surface area contributed by atoms with E-state index in [4.69, 9.17) is 4.74 Å². The average Bonchev–Trinajstić information content (AvgIpc) is 2.28. The van der Waals surface area contributed by atoms with E-state index in [1.165, 1.54) is 0 Å². The number of para-hydroxylation sites is 1. The molecule has 1 aromatic carbocycles. The Morgan fingerprint density at radius 2 is 2.27 bits per heavy atom. The van der Waals surface area contributed by atoms with Gasteiger partial charge in [-0.1, -0.05) is 37.8 Å². The maximum absolute atomic E-state index is 12.6. The summed E-state index contributed by atoms with van der Waals surface area (Å²) in [4.78, 5) is 0. The molecule has 0 bridgehead atoms. The molecule has 1 radical (unpaired) electrons. The van der Waals surface area contributed by atoms with Gasteiger partial charge >= 0.3 is 0 Å². The van der Waals surface area contributed by atoms with Crippen LogP contribution in [0.15, 0.2) is 24.8 Å². The summed E-state index contributed by atoms with van der Waals surface area (Å²) in [6.45, 7) is 7.51. The van der Waals surface area contributed by atoms with E-state index in [1.54, 1.807) is 13.0 Å². The number of benzene rings is 1. The topological polar surface area (TPSA) is 9.23 Å². The molecule has 0 heterocycles. The second-order valence-corrected chi connectivity index (χ2v) is 3.28. The molecule has 1 rings (SSSR count). The summed E-state index contributed by atoms with van der Waals surface area (Å²) >= 11 is 0. The third kappa shape index (κ3) is 2.58. The fraction of sp³-hybridized carbons (Fsp3) is 0.308. The summed E-state index contributed by atoms with van der Waals surface area (Å²) in [6.07, 6.45) is 1.72. The molecule has 0 aliphatic heterocycles. The molecule has 0 aromatic heterocycles. The van der Waals surface area contributed by atoms with E-state index >= 15 is 0 Å². The lowest BCUT2D eigenvalue weighted by Gasteiger charge is -2.15. The van der Waals surface area contributed by atoms with E-state index in [0.29, 0.717) is 12.5 Å². The fourth-order valence-electron chi connectivity index (χ4n) is 1.43. The average molecular weight is 207 g/mol. The molecule has 15 heavy (non-hydrogen) atoms. The number of rotatable bonds is 5. The zero-order chi connectivity index (χ0) is 11.3. The van der Waals surface area contributed by atoms with Crippen LogP contribution in [0.1, 0.15) is 25.0 Å². The first-order chi connectivity index (χ1) is 7.24. The van der Waals surface area contributed by atoms with E-state index in [1.807, 2.05) is 25.1 Å². The second kappa shape index (κ2) is 5.54. The summed E-state index contributed by atoms with van der Waals surface area (Å²) in [5.74, 6) is 1.41. The molecule has 0 atom stereocenters. The van der Waals surface area contributed by atoms with Gasteiger partial charge in [-0.25, -0.2) is 0 Å². The standard InChI is InChI=1S/C13H16FO/c1-4-11-7-6-8-12(10(3)9-14)13(11)15-5-2/h4,6-8H,1,5,9H2,2-3H3. The van der Waals surface area contributed by atoms with E-state index in [0.717, 1.165) is 16.9 Å². The van der Waals surface area contributed by atoms with Crippen molar-refractivity contribution in [2.45, 2.75) is 13.8 Å². The molecule has 2 heteroatoms. The smallest absolute Gasteiger partial charge is 0.130 e. The minimum absolute atomic E-state index is 0.458. The SMILES string of the molecule is C=Cc1cccc([C](C)CF)c1OCC. The second-order valence-electron chi connectivity index (χ2n) is 3.28. The molecule has 1 aromatic rings. The lowest BCUT2D eigenvalue weighted by atomic mass is 9.98. The first kappa shape index (κ1) is 11.8. The molecule has 0 fully saturated rings. The van der Waals surface area contributed by atoms with Crippen molar-refractivity contribution in [1.29, 1.82) is 0 Å². The van der Waals surface area contributed by atoms with Gasteiger partial charge in [-0.3, -0.25) is 4.39 Å². The van der Waals surface area contributed by atoms with E-state index in [-0.39, 0.29) is 0 Å². The van der Waals surface area contributed by atoms with E-state index in [9.17, 15) is 4.39 Å². The molecular weight excluding hydrogens is 191 g/mol. The number of halogens is 1. The number of ether oxygens (including phenoxy) is 1. The van der Waals surface area contributed by atoms with Crippen molar-refractivity contribution in [3.8, 4) is 5.75 Å². The van der Waals surface area contributed by atoms with Crippen LogP contribution in [-0.2, 0) is 0 Å². The largest absolute Gasteiger partial charge is 0.493 e. The van der Waals surface area contributed by atoms with Crippen LogP contribution in [0.2, 0.25) is 0 Å². The van der Waals surface area contributed by atoms with Crippen molar-refractivity contribution in [3.05, 3.63) is 41.8 Å². The molecule has 0 aliphatic rings. The molecule has 1 nitrogen and oxygen atoms in total. The van der Waals surface area contributed by atoms with Gasteiger partial charge in [-0.05, 0) is 6.92 Å². The molecule has 0 saturated carbocycles. The highest BCUT2D eigenvalue weighted by Gasteiger charge is 2.14. The molecule has 0 aliphatic carbocycles. The van der Waals surface area contributed by atoms with Crippen LogP contribution in [0, 0.1) is 5.92 Å². The van der Waals surface area contributed by atoms with Crippen molar-refractivity contribution in [2.24, 2.45) is 0 Å². The van der Waals surface area contributed by atoms with Gasteiger partial charge in [0.1, 0.15) is 5.75 Å². The van der Waals surface area contributed by atoms with Crippen LogP contribution >= 0.6 is 0 Å². The Hall–Kier alpha value is -1.31. The van der Waals surface area contributed by atoms with Crippen LogP contribution in [0.3, 0.4) is 0 Å². The van der Waals surface area contributed by atoms with Crippen molar-refractivity contribution in [1.82, 2.24) is 0 Å². The van der Waals surface area contributed by atoms with Gasteiger partial charge in [0.2, 0.25) is 0 Å². The quantitative estimate of drug-likeness (QED) is 0.716. The van der Waals surface area contributed by atoms with E-state index in [2.05, 4.69) is 6.58 Å². The summed E-state index contributed by atoms with van der Waals surface area (Å²) in [5.41, 5.74) is 1.74. The molecule has 0 spiro atoms. The molecule has 0 saturated heterocycles. The Kier molecular flexibility index (Phi) is 4.35. The van der Waals surface area contributed by atoms with Gasteiger partial charge in [0.05, 0.1) is 13.3 Å². The van der Waals surface area contributed by atoms with Crippen molar-refractivity contribution >= 4 is 6.08 Å². The van der Waals surface area contributed by atoms with Gasteiger partial charge < -0.3 is 4.74 Å². The zero-order valence-electron chi connectivity index (χ0n) is 9.22. The van der Waals surface area contributed by atoms with Gasteiger partial charge in [0, 0.05) is 17.0 Å². The Bertz CT molecular complexity index is 333. The Labute approximate surface area is 90.6 Å². The molecule has 0 unspecified atom stereocenters. The first-order valence-corrected chi connectivity index (χ1v) is 5.01. The molecule has 81 valence electrons. The highest BCUT2D eigenvalue weighted by molar-refractivity contribution is 5.61. The zero-order valence-corrected chi connectivity index (χ0v) is 9.22. The van der Waals surface area contributed by atoms with Gasteiger partial charge in [-0.15, -0.1) is 0 Å². The number of hydrogen-bond donors (Lipinski definition) is 0. The predicted octanol–water partition coefficient (Wildman–Crippen LogP) is 3.64. The van der Waals surface area contributed by atoms with Crippen LogP contribution in [0.25, 0.3) is 6.08 Å². The molecule has 0 amide bonds. The van der Waals surface area contributed by atoms with Crippen molar-refractivity contribution in [2.75, 3.05) is 13.3 Å². The normalized spacial score (nSPS) is 10.4. The van der Waals surface area contributed by atoms with Crippen molar-refractivity contribution in [3.63, 3.8) is 0 Å². The summed E-state index contributed by atoms with van der Waals surface area (Å²) < 4.78 is 18.1. The fourth-order valence-corrected chi connectivity index (χ4v) is 1.43. The summed E-state index contributed by atoms with van der Waals surface area (Å²) in [7, 11) is 0. The lowest BCUT2D eigenvalue weighted by Crippen LogP contribution is -2.03. The predicted molar refractivity (Wildman–Crippen MR) is 61.7 cm³/mol. The van der Waals surface area contributed by atoms with Crippen LogP contribution in [0.5, 0.6) is 5.75 Å². The monoisotopic (exact) mass is 207 g/mol. The maximum Gasteiger partial charge on any atom is 0.130 e. The third-order valence-corrected chi connectivity index (χ3v) is 2.21. The van der Waals surface area contributed by atoms with Crippen molar-refractivity contribution < 1.29 is 9.13 Å². The minimum atomic E-state index is -0.458. The highest BCUT2D eigenvalue weighted by Crippen LogP contribution is 2.30. The van der Waals surface area contributed by atoms with Crippen LogP contribution in [-0.4, -0.2) is 13.3 Å². The Morgan fingerprint density at radius 3 is 2.80 bits per heavy atom. The van der Waals surface area contributed by atoms with Gasteiger partial charge in [0.25, 0.3) is 0 Å².